The van der Waals surface area contributed by atoms with Crippen LogP contribution in [0.2, 0.25) is 0 Å². The number of piperidine rings is 1. The van der Waals surface area contributed by atoms with Gasteiger partial charge in [-0.2, -0.15) is 0 Å². The van der Waals surface area contributed by atoms with Crippen LogP contribution in [0.4, 0.5) is 11.6 Å². The molecule has 0 radical (unpaired) electrons. The van der Waals surface area contributed by atoms with Gasteiger partial charge in [-0.3, -0.25) is 4.79 Å². The molecule has 1 aromatic rings. The molecule has 1 aromatic heterocycles. The number of amides is 1. The van der Waals surface area contributed by atoms with Gasteiger partial charge in [0.25, 0.3) is 0 Å². The first-order valence-electron chi connectivity index (χ1n) is 10.8. The van der Waals surface area contributed by atoms with E-state index >= 15 is 0 Å². The zero-order valence-corrected chi connectivity index (χ0v) is 19.9. The summed E-state index contributed by atoms with van der Waals surface area (Å²) < 4.78 is 5.61. The largest absolute Gasteiger partial charge is 0.381 e. The van der Waals surface area contributed by atoms with Crippen LogP contribution in [0, 0.1) is 10.8 Å². The number of carbonyl (C=O) groups excluding carboxylic acids is 1. The number of likely N-dealkylation sites (tertiary alicyclic amines) is 1. The number of likely N-dealkylation sites (N-methyl/N-ethyl adjacent to an activating group) is 1. The molecule has 3 saturated heterocycles. The Bertz CT molecular complexity index is 996. The third-order valence-electron chi connectivity index (χ3n) is 7.10. The fourth-order valence-corrected chi connectivity index (χ4v) is 5.93. The Hall–Kier alpha value is -2.36. The molecule has 4 rings (SSSR count). The average Bonchev–Trinajstić information content (AvgIpc) is 3.19. The fraction of sp³-hybridized carbons (Fsp3) is 0.522. The van der Waals surface area contributed by atoms with Crippen molar-refractivity contribution in [1.82, 2.24) is 14.9 Å². The summed E-state index contributed by atoms with van der Waals surface area (Å²) in [6.45, 7) is 14.9. The van der Waals surface area contributed by atoms with Gasteiger partial charge in [-0.25, -0.2) is 9.97 Å². The summed E-state index contributed by atoms with van der Waals surface area (Å²) in [4.78, 5) is 26.5. The minimum atomic E-state index is -0.695. The molecule has 0 bridgehead atoms. The first kappa shape index (κ1) is 22.8. The molecule has 0 aliphatic carbocycles. The molecule has 0 aromatic carbocycles. The van der Waals surface area contributed by atoms with E-state index in [4.69, 9.17) is 16.2 Å². The van der Waals surface area contributed by atoms with Gasteiger partial charge in [-0.05, 0) is 26.7 Å². The van der Waals surface area contributed by atoms with E-state index in [0.717, 1.165) is 48.8 Å². The summed E-state index contributed by atoms with van der Waals surface area (Å²) in [6.07, 6.45) is 5.43. The van der Waals surface area contributed by atoms with E-state index in [-0.39, 0.29) is 17.4 Å². The predicted molar refractivity (Wildman–Crippen MR) is 128 cm³/mol. The van der Waals surface area contributed by atoms with Crippen molar-refractivity contribution in [2.45, 2.75) is 37.8 Å². The molecule has 1 unspecified atom stereocenters. The predicted octanol–water partition coefficient (Wildman–Crippen LogP) is 2.55. The maximum Gasteiger partial charge on any atom is 0.236 e. The molecule has 9 heteroatoms. The van der Waals surface area contributed by atoms with Gasteiger partial charge in [0.15, 0.2) is 5.82 Å². The number of aromatic nitrogens is 2. The van der Waals surface area contributed by atoms with Crippen LogP contribution in [0.5, 0.6) is 0 Å². The summed E-state index contributed by atoms with van der Waals surface area (Å²) in [7, 11) is 1.74. The standard InChI is InChI=1S/C23H32N6O2S/c1-6-15(18-14(2)28(5)21(30)22(18,3)4)32-20-19(25)27-17(11-26-20)29-9-7-23(8-10-29)13-31-12-16(23)24/h6,11,16H,1-2,7-10,12-13,24H2,3-5H3,(H2,25,27)/b18-15-. The number of thioether (sulfide) groups is 1. The van der Waals surface area contributed by atoms with E-state index in [0.29, 0.717) is 23.1 Å². The third-order valence-corrected chi connectivity index (χ3v) is 8.20. The Morgan fingerprint density at radius 2 is 2.06 bits per heavy atom. The number of nitrogens with zero attached hydrogens (tertiary/aromatic N) is 4. The lowest BCUT2D eigenvalue weighted by molar-refractivity contribution is -0.132. The Balaban J connectivity index is 1.53. The van der Waals surface area contributed by atoms with Gasteiger partial charge in [0.05, 0.1) is 24.8 Å². The quantitative estimate of drug-likeness (QED) is 0.665. The van der Waals surface area contributed by atoms with Gasteiger partial charge in [0.2, 0.25) is 5.91 Å². The van der Waals surface area contributed by atoms with Crippen molar-refractivity contribution in [3.63, 3.8) is 0 Å². The second kappa shape index (κ2) is 8.20. The highest BCUT2D eigenvalue weighted by molar-refractivity contribution is 8.03. The van der Waals surface area contributed by atoms with E-state index in [1.807, 2.05) is 13.8 Å². The SMILES string of the molecule is C=C/C(Sc1ncc(N2CCC3(CC2)COCC3N)nc1N)=C1\C(=C)N(C)C(=O)C1(C)C. The molecule has 32 heavy (non-hydrogen) atoms. The first-order chi connectivity index (χ1) is 15.1. The lowest BCUT2D eigenvalue weighted by atomic mass is 9.75. The molecule has 4 N–H and O–H groups in total. The minimum Gasteiger partial charge on any atom is -0.381 e. The Kier molecular flexibility index (Phi) is 5.85. The molecule has 3 fully saturated rings. The van der Waals surface area contributed by atoms with Crippen molar-refractivity contribution in [3.05, 3.63) is 41.6 Å². The monoisotopic (exact) mass is 456 g/mol. The number of hydrogen-bond acceptors (Lipinski definition) is 8. The number of allylic oxidation sites excluding steroid dienone is 2. The smallest absolute Gasteiger partial charge is 0.236 e. The number of anilines is 2. The maximum absolute atomic E-state index is 12.6. The molecule has 3 aliphatic heterocycles. The maximum atomic E-state index is 12.6. The van der Waals surface area contributed by atoms with E-state index in [1.54, 1.807) is 24.2 Å². The topological polar surface area (TPSA) is 111 Å². The van der Waals surface area contributed by atoms with Crippen LogP contribution < -0.4 is 16.4 Å². The zero-order chi connectivity index (χ0) is 23.3. The van der Waals surface area contributed by atoms with Gasteiger partial charge in [-0.15, -0.1) is 0 Å². The summed E-state index contributed by atoms with van der Waals surface area (Å²) >= 11 is 1.37. The molecule has 1 amide bonds. The van der Waals surface area contributed by atoms with Crippen LogP contribution in [0.25, 0.3) is 0 Å². The van der Waals surface area contributed by atoms with Gasteiger partial charge < -0.3 is 26.0 Å². The van der Waals surface area contributed by atoms with Crippen LogP contribution in [0.1, 0.15) is 26.7 Å². The van der Waals surface area contributed by atoms with Crippen molar-refractivity contribution < 1.29 is 9.53 Å². The number of rotatable bonds is 4. The second-order valence-electron chi connectivity index (χ2n) is 9.37. The normalized spacial score (nSPS) is 26.2. The minimum absolute atomic E-state index is 0.00195. The van der Waals surface area contributed by atoms with Gasteiger partial charge >= 0.3 is 0 Å². The highest BCUT2D eigenvalue weighted by Gasteiger charge is 2.46. The van der Waals surface area contributed by atoms with E-state index in [9.17, 15) is 4.79 Å². The Labute approximate surface area is 193 Å². The average molecular weight is 457 g/mol. The molecule has 172 valence electrons. The lowest BCUT2D eigenvalue weighted by Crippen LogP contribution is -2.49. The van der Waals surface area contributed by atoms with Crippen LogP contribution in [-0.4, -0.2) is 60.2 Å². The Morgan fingerprint density at radius 3 is 2.56 bits per heavy atom. The number of ether oxygens (including phenoxy) is 1. The van der Waals surface area contributed by atoms with Crippen molar-refractivity contribution in [1.29, 1.82) is 0 Å². The number of nitrogen functional groups attached to an aromatic ring is 1. The summed E-state index contributed by atoms with van der Waals surface area (Å²) in [5.41, 5.74) is 13.5. The zero-order valence-electron chi connectivity index (χ0n) is 19.1. The highest BCUT2D eigenvalue weighted by atomic mass is 32.2. The molecule has 4 heterocycles. The van der Waals surface area contributed by atoms with Gasteiger partial charge in [0, 0.05) is 47.8 Å². The molecule has 0 saturated carbocycles. The summed E-state index contributed by atoms with van der Waals surface area (Å²) in [5.74, 6) is 1.12. The first-order valence-corrected chi connectivity index (χ1v) is 11.7. The van der Waals surface area contributed by atoms with E-state index < -0.39 is 5.41 Å². The number of hydrogen-bond donors (Lipinski definition) is 2. The highest BCUT2D eigenvalue weighted by Crippen LogP contribution is 2.47. The van der Waals surface area contributed by atoms with E-state index in [1.165, 1.54) is 11.8 Å². The number of nitrogens with two attached hydrogens (primary N) is 2. The van der Waals surface area contributed by atoms with Gasteiger partial charge in [0.1, 0.15) is 10.8 Å². The van der Waals surface area contributed by atoms with Crippen LogP contribution >= 0.6 is 11.8 Å². The van der Waals surface area contributed by atoms with Gasteiger partial charge in [-0.1, -0.05) is 31.0 Å². The number of carbonyl (C=O) groups is 1. The Morgan fingerprint density at radius 1 is 1.38 bits per heavy atom. The second-order valence-corrected chi connectivity index (χ2v) is 10.4. The van der Waals surface area contributed by atoms with Crippen LogP contribution in [0.15, 0.2) is 46.6 Å². The summed E-state index contributed by atoms with van der Waals surface area (Å²) in [5, 5.41) is 0.585. The van der Waals surface area contributed by atoms with Crippen molar-refractivity contribution in [2.24, 2.45) is 16.6 Å². The lowest BCUT2D eigenvalue weighted by Gasteiger charge is -2.41. The molecule has 8 nitrogen and oxygen atoms in total. The van der Waals surface area contributed by atoms with Crippen molar-refractivity contribution >= 4 is 29.3 Å². The van der Waals surface area contributed by atoms with Crippen LogP contribution in [-0.2, 0) is 9.53 Å². The molecule has 1 atom stereocenters. The summed E-state index contributed by atoms with van der Waals surface area (Å²) in [6, 6.07) is 0.102. The van der Waals surface area contributed by atoms with E-state index in [2.05, 4.69) is 28.0 Å². The fourth-order valence-electron chi connectivity index (χ4n) is 4.91. The van der Waals surface area contributed by atoms with Crippen molar-refractivity contribution in [3.8, 4) is 0 Å². The molecule has 3 aliphatic rings. The third kappa shape index (κ3) is 3.62. The molecule has 1 spiro atoms. The van der Waals surface area contributed by atoms with Crippen LogP contribution in [0.3, 0.4) is 0 Å². The molecular formula is C23H32N6O2S. The van der Waals surface area contributed by atoms with Crippen molar-refractivity contribution in [2.75, 3.05) is 44.0 Å². The molecular weight excluding hydrogens is 424 g/mol.